The first-order valence-electron chi connectivity index (χ1n) is 10.6. The van der Waals surface area contributed by atoms with Gasteiger partial charge in [0.05, 0.1) is 12.1 Å². The second-order valence-corrected chi connectivity index (χ2v) is 9.77. The van der Waals surface area contributed by atoms with E-state index in [9.17, 15) is 9.59 Å². The smallest absolute Gasteiger partial charge is 0.407 e. The zero-order valence-corrected chi connectivity index (χ0v) is 19.5. The van der Waals surface area contributed by atoms with Crippen LogP contribution in [0.15, 0.2) is 73.1 Å². The third-order valence-corrected chi connectivity index (χ3v) is 5.84. The number of para-hydroxylation sites is 1. The molecule has 0 bridgehead atoms. The summed E-state index contributed by atoms with van der Waals surface area (Å²) in [7, 11) is 0. The number of alkyl carbamates (subject to hydrolysis) is 1. The SMILES string of the molecule is CC(C)(C)OC(=O)NCc1cc2ccc(-c3cncc(C(=O)Nc4ccccc4)c3)cc2s1. The summed E-state index contributed by atoms with van der Waals surface area (Å²) in [5.74, 6) is -0.205. The Bertz CT molecular complexity index is 1290. The van der Waals surface area contributed by atoms with Crippen LogP contribution >= 0.6 is 11.3 Å². The Balaban J connectivity index is 1.49. The van der Waals surface area contributed by atoms with Crippen LogP contribution in [0.2, 0.25) is 0 Å². The summed E-state index contributed by atoms with van der Waals surface area (Å²) in [5.41, 5.74) is 2.53. The van der Waals surface area contributed by atoms with Crippen molar-refractivity contribution in [1.82, 2.24) is 10.3 Å². The van der Waals surface area contributed by atoms with Gasteiger partial charge in [0.25, 0.3) is 5.91 Å². The van der Waals surface area contributed by atoms with Crippen LogP contribution < -0.4 is 10.6 Å². The van der Waals surface area contributed by atoms with Crippen molar-refractivity contribution < 1.29 is 14.3 Å². The zero-order valence-electron chi connectivity index (χ0n) is 18.7. The lowest BCUT2D eigenvalue weighted by molar-refractivity contribution is 0.0524. The normalized spacial score (nSPS) is 11.2. The summed E-state index contributed by atoms with van der Waals surface area (Å²) in [6.45, 7) is 5.91. The standard InChI is InChI=1S/C26H25N3O3S/c1-26(2,3)32-25(31)28-16-22-12-18-10-9-17(13-23(18)33-22)19-11-20(15-27-14-19)24(30)29-21-7-5-4-6-8-21/h4-15H,16H2,1-3H3,(H,28,31)(H,29,30). The first-order valence-corrected chi connectivity index (χ1v) is 11.4. The Kier molecular flexibility index (Phi) is 6.42. The molecule has 2 N–H and O–H groups in total. The predicted octanol–water partition coefficient (Wildman–Crippen LogP) is 6.24. The van der Waals surface area contributed by atoms with Crippen molar-refractivity contribution in [2.75, 3.05) is 5.32 Å². The van der Waals surface area contributed by atoms with Crippen LogP contribution in [0.1, 0.15) is 36.0 Å². The molecule has 4 aromatic rings. The highest BCUT2D eigenvalue weighted by atomic mass is 32.1. The molecule has 0 fully saturated rings. The van der Waals surface area contributed by atoms with Gasteiger partial charge >= 0.3 is 6.09 Å². The molecular formula is C26H25N3O3S. The monoisotopic (exact) mass is 459 g/mol. The Morgan fingerprint density at radius 2 is 1.76 bits per heavy atom. The molecule has 0 unspecified atom stereocenters. The van der Waals surface area contributed by atoms with E-state index in [1.165, 1.54) is 0 Å². The molecule has 168 valence electrons. The topological polar surface area (TPSA) is 80.3 Å². The van der Waals surface area contributed by atoms with Crippen LogP contribution in [0.5, 0.6) is 0 Å². The van der Waals surface area contributed by atoms with Crippen LogP contribution in [-0.4, -0.2) is 22.6 Å². The summed E-state index contributed by atoms with van der Waals surface area (Å²) >= 11 is 1.61. The van der Waals surface area contributed by atoms with Crippen LogP contribution in [-0.2, 0) is 11.3 Å². The van der Waals surface area contributed by atoms with Crippen molar-refractivity contribution in [2.45, 2.75) is 32.9 Å². The van der Waals surface area contributed by atoms with Gasteiger partial charge < -0.3 is 15.4 Å². The van der Waals surface area contributed by atoms with E-state index in [1.807, 2.05) is 69.3 Å². The van der Waals surface area contributed by atoms with Gasteiger partial charge in [0.1, 0.15) is 5.60 Å². The predicted molar refractivity (Wildman–Crippen MR) is 133 cm³/mol. The number of anilines is 1. The van der Waals surface area contributed by atoms with Crippen molar-refractivity contribution >= 4 is 39.1 Å². The van der Waals surface area contributed by atoms with Gasteiger partial charge in [-0.15, -0.1) is 11.3 Å². The summed E-state index contributed by atoms with van der Waals surface area (Å²) in [4.78, 5) is 29.9. The fraction of sp³-hybridized carbons (Fsp3) is 0.192. The molecule has 2 aromatic heterocycles. The van der Waals surface area contributed by atoms with Gasteiger partial charge in [-0.05, 0) is 62.1 Å². The third-order valence-electron chi connectivity index (χ3n) is 4.74. The van der Waals surface area contributed by atoms with Crippen molar-refractivity contribution in [3.8, 4) is 11.1 Å². The van der Waals surface area contributed by atoms with Crippen molar-refractivity contribution in [3.63, 3.8) is 0 Å². The minimum Gasteiger partial charge on any atom is -0.444 e. The summed E-state index contributed by atoms with van der Waals surface area (Å²) in [6.07, 6.45) is 2.88. The second-order valence-electron chi connectivity index (χ2n) is 8.60. The average Bonchev–Trinajstić information content (AvgIpc) is 3.19. The van der Waals surface area contributed by atoms with Gasteiger partial charge in [0, 0.05) is 33.2 Å². The number of hydrogen-bond acceptors (Lipinski definition) is 5. The zero-order chi connectivity index (χ0) is 23.4. The number of amides is 2. The van der Waals surface area contributed by atoms with Crippen LogP contribution in [0.25, 0.3) is 21.2 Å². The van der Waals surface area contributed by atoms with E-state index in [0.29, 0.717) is 12.1 Å². The van der Waals surface area contributed by atoms with E-state index < -0.39 is 11.7 Å². The molecule has 6 nitrogen and oxygen atoms in total. The molecule has 0 aliphatic rings. The molecule has 7 heteroatoms. The fourth-order valence-corrected chi connectivity index (χ4v) is 4.32. The number of nitrogens with zero attached hydrogens (tertiary/aromatic N) is 1. The maximum atomic E-state index is 12.6. The molecule has 2 aromatic carbocycles. The first kappa shape index (κ1) is 22.5. The molecule has 0 spiro atoms. The highest BCUT2D eigenvalue weighted by molar-refractivity contribution is 7.19. The minimum absolute atomic E-state index is 0.205. The molecule has 0 saturated carbocycles. The van der Waals surface area contributed by atoms with Crippen molar-refractivity contribution in [1.29, 1.82) is 0 Å². The van der Waals surface area contributed by atoms with Gasteiger partial charge in [-0.1, -0.05) is 30.3 Å². The van der Waals surface area contributed by atoms with Gasteiger partial charge in [-0.25, -0.2) is 4.79 Å². The minimum atomic E-state index is -0.528. The molecule has 0 aliphatic heterocycles. The van der Waals surface area contributed by atoms with Crippen molar-refractivity contribution in [2.24, 2.45) is 0 Å². The number of hydrogen-bond donors (Lipinski definition) is 2. The van der Waals surface area contributed by atoms with E-state index in [4.69, 9.17) is 4.74 Å². The molecule has 0 atom stereocenters. The van der Waals surface area contributed by atoms with E-state index in [1.54, 1.807) is 23.7 Å². The number of benzene rings is 2. The van der Waals surface area contributed by atoms with Crippen molar-refractivity contribution in [3.05, 3.63) is 83.5 Å². The number of aromatic nitrogens is 1. The number of rotatable bonds is 5. The number of carbonyl (C=O) groups excluding carboxylic acids is 2. The summed E-state index contributed by atoms with van der Waals surface area (Å²) in [5, 5.41) is 6.78. The average molecular weight is 460 g/mol. The van der Waals surface area contributed by atoms with Crippen LogP contribution in [0.3, 0.4) is 0 Å². The lowest BCUT2D eigenvalue weighted by Gasteiger charge is -2.19. The van der Waals surface area contributed by atoms with E-state index in [-0.39, 0.29) is 5.91 Å². The summed E-state index contributed by atoms with van der Waals surface area (Å²) < 4.78 is 6.38. The lowest BCUT2D eigenvalue weighted by Crippen LogP contribution is -2.31. The Morgan fingerprint density at radius 3 is 2.52 bits per heavy atom. The molecule has 0 aliphatic carbocycles. The first-order chi connectivity index (χ1) is 15.8. The Hall–Kier alpha value is -3.71. The number of nitrogens with one attached hydrogen (secondary N) is 2. The molecular weight excluding hydrogens is 434 g/mol. The highest BCUT2D eigenvalue weighted by Gasteiger charge is 2.16. The van der Waals surface area contributed by atoms with Gasteiger partial charge in [0.2, 0.25) is 0 Å². The number of ether oxygens (including phenoxy) is 1. The number of thiophene rings is 1. The van der Waals surface area contributed by atoms with E-state index >= 15 is 0 Å². The maximum Gasteiger partial charge on any atom is 0.407 e. The van der Waals surface area contributed by atoms with Crippen LogP contribution in [0, 0.1) is 0 Å². The molecule has 2 amide bonds. The number of pyridine rings is 1. The van der Waals surface area contributed by atoms with Gasteiger partial charge in [0.15, 0.2) is 0 Å². The molecule has 2 heterocycles. The molecule has 33 heavy (non-hydrogen) atoms. The fourth-order valence-electron chi connectivity index (χ4n) is 3.27. The third kappa shape index (κ3) is 5.96. The van der Waals surface area contributed by atoms with E-state index in [0.717, 1.165) is 31.8 Å². The Morgan fingerprint density at radius 1 is 0.970 bits per heavy atom. The number of fused-ring (bicyclic) bond motifs is 1. The Labute approximate surface area is 196 Å². The van der Waals surface area contributed by atoms with Gasteiger partial charge in [-0.3, -0.25) is 9.78 Å². The lowest BCUT2D eigenvalue weighted by atomic mass is 10.0. The maximum absolute atomic E-state index is 12.6. The highest BCUT2D eigenvalue weighted by Crippen LogP contribution is 2.30. The molecule has 4 rings (SSSR count). The largest absolute Gasteiger partial charge is 0.444 e. The second kappa shape index (κ2) is 9.42. The van der Waals surface area contributed by atoms with E-state index in [2.05, 4.69) is 27.8 Å². The quantitative estimate of drug-likeness (QED) is 0.370. The van der Waals surface area contributed by atoms with Crippen LogP contribution in [0.4, 0.5) is 10.5 Å². The summed E-state index contributed by atoms with van der Waals surface area (Å²) in [6, 6.07) is 19.4. The molecule has 0 saturated heterocycles. The molecule has 0 radical (unpaired) electrons. The number of carbonyl (C=O) groups is 2. The van der Waals surface area contributed by atoms with Gasteiger partial charge in [-0.2, -0.15) is 0 Å².